The van der Waals surface area contributed by atoms with Crippen molar-refractivity contribution in [2.75, 3.05) is 12.4 Å². The Bertz CT molecular complexity index is 1550. The lowest BCUT2D eigenvalue weighted by Crippen LogP contribution is -2.38. The largest absolute Gasteiger partial charge is 0.461 e. The number of H-pyrrole nitrogens is 1. The van der Waals surface area contributed by atoms with Gasteiger partial charge in [0.25, 0.3) is 5.56 Å². The average molecular weight is 593 g/mol. The first-order valence-corrected chi connectivity index (χ1v) is 14.8. The van der Waals surface area contributed by atoms with Gasteiger partial charge in [-0.05, 0) is 44.7 Å². The number of nitrogens with zero attached hydrogens (tertiary/aromatic N) is 3. The van der Waals surface area contributed by atoms with E-state index >= 15 is 0 Å². The van der Waals surface area contributed by atoms with Crippen molar-refractivity contribution in [2.24, 2.45) is 5.41 Å². The van der Waals surface area contributed by atoms with Gasteiger partial charge in [-0.15, -0.1) is 0 Å². The number of fused-ring (bicyclic) bond motifs is 2. The number of aliphatic hydroxyl groups excluding tert-OH is 1. The van der Waals surface area contributed by atoms with Crippen LogP contribution in [0.2, 0.25) is 0 Å². The number of halogens is 1. The molecule has 16 heteroatoms. The van der Waals surface area contributed by atoms with Gasteiger partial charge in [-0.3, -0.25) is 28.1 Å². The van der Waals surface area contributed by atoms with E-state index in [9.17, 15) is 23.7 Å². The van der Waals surface area contributed by atoms with Crippen LogP contribution < -0.4 is 20.9 Å². The van der Waals surface area contributed by atoms with Crippen LogP contribution in [-0.2, 0) is 23.4 Å². The maximum absolute atomic E-state index is 14.6. The van der Waals surface area contributed by atoms with E-state index < -0.39 is 61.9 Å². The minimum Gasteiger partial charge on any atom is -0.461 e. The van der Waals surface area contributed by atoms with Gasteiger partial charge in [-0.1, -0.05) is 18.2 Å². The van der Waals surface area contributed by atoms with E-state index in [1.54, 1.807) is 30.3 Å². The molecule has 0 bridgehead atoms. The summed E-state index contributed by atoms with van der Waals surface area (Å²) >= 11 is 0. The zero-order valence-corrected chi connectivity index (χ0v) is 22.9. The van der Waals surface area contributed by atoms with Gasteiger partial charge in [0.2, 0.25) is 5.95 Å². The summed E-state index contributed by atoms with van der Waals surface area (Å²) in [6, 6.07) is 7.05. The van der Waals surface area contributed by atoms with E-state index in [1.807, 2.05) is 0 Å². The topological polar surface area (TPSA) is 193 Å². The van der Waals surface area contributed by atoms with Crippen molar-refractivity contribution in [3.05, 3.63) is 47.0 Å². The molecule has 220 valence electrons. The van der Waals surface area contributed by atoms with E-state index in [2.05, 4.69) is 20.0 Å². The third kappa shape index (κ3) is 4.91. The van der Waals surface area contributed by atoms with Crippen LogP contribution in [0.4, 0.5) is 10.3 Å². The van der Waals surface area contributed by atoms with Gasteiger partial charge >= 0.3 is 13.7 Å². The number of ether oxygens (including phenoxy) is 2. The summed E-state index contributed by atoms with van der Waals surface area (Å²) in [7, 11) is -4.36. The Morgan fingerprint density at radius 3 is 2.78 bits per heavy atom. The highest BCUT2D eigenvalue weighted by molar-refractivity contribution is 7.52. The molecule has 3 aromatic rings. The number of aromatic nitrogens is 4. The van der Waals surface area contributed by atoms with E-state index in [0.717, 1.165) is 25.7 Å². The van der Waals surface area contributed by atoms with Crippen LogP contribution in [0.1, 0.15) is 38.8 Å². The number of carbonyl (C=O) groups excluding carboxylic acids is 1. The van der Waals surface area contributed by atoms with Gasteiger partial charge in [0.15, 0.2) is 17.4 Å². The number of nitrogens with two attached hydrogens (primary N) is 1. The molecule has 7 atom stereocenters. The number of aromatic amines is 1. The van der Waals surface area contributed by atoms with Gasteiger partial charge in [0, 0.05) is 0 Å². The molecule has 41 heavy (non-hydrogen) atoms. The molecule has 0 spiro atoms. The molecule has 0 amide bonds. The summed E-state index contributed by atoms with van der Waals surface area (Å²) in [5.74, 6) is -0.620. The molecule has 3 fully saturated rings. The van der Waals surface area contributed by atoms with Crippen molar-refractivity contribution < 1.29 is 37.4 Å². The Morgan fingerprint density at radius 1 is 1.37 bits per heavy atom. The van der Waals surface area contributed by atoms with Crippen molar-refractivity contribution in [3.63, 3.8) is 0 Å². The highest BCUT2D eigenvalue weighted by atomic mass is 31.2. The molecule has 5 N–H and O–H groups in total. The van der Waals surface area contributed by atoms with Crippen LogP contribution in [0, 0.1) is 5.41 Å². The fourth-order valence-electron chi connectivity index (χ4n) is 5.55. The van der Waals surface area contributed by atoms with Crippen LogP contribution in [0.5, 0.6) is 5.75 Å². The van der Waals surface area contributed by atoms with Gasteiger partial charge in [0.05, 0.1) is 11.7 Å². The molecule has 1 aliphatic heterocycles. The number of nitrogens with one attached hydrogen (secondary N) is 2. The standard InChI is InChI=1S/C25H30FN6O8P/c1-13(23(35)37-14-7-5-6-8-14)31-41(36,39-15-9-3-2-4-10-15)40-19-18-25(19,11-26)17(33)22(38-18)32-12-28-16-20(32)29-24(27)30-21(16)34/h2-4,9-10,12-14,17-19,22,33H,5-8,11H2,1H3,(H,31,36)(H3,27,29,30,34). The van der Waals surface area contributed by atoms with E-state index in [1.165, 1.54) is 17.8 Å². The van der Waals surface area contributed by atoms with Crippen molar-refractivity contribution in [2.45, 2.75) is 69.3 Å². The first-order valence-electron chi connectivity index (χ1n) is 13.3. The fourth-order valence-corrected chi connectivity index (χ4v) is 7.30. The first-order chi connectivity index (χ1) is 19.6. The van der Waals surface area contributed by atoms with Crippen molar-refractivity contribution >= 4 is 30.8 Å². The molecule has 2 aliphatic carbocycles. The molecule has 1 saturated heterocycles. The molecule has 3 aliphatic rings. The second-order valence-electron chi connectivity index (χ2n) is 10.5. The maximum atomic E-state index is 14.6. The first kappa shape index (κ1) is 27.8. The molecule has 0 radical (unpaired) electrons. The molecule has 6 rings (SSSR count). The number of alkyl halides is 1. The molecule has 1 aromatic carbocycles. The number of carbonyl (C=O) groups is 1. The minimum atomic E-state index is -4.36. The zero-order chi connectivity index (χ0) is 28.9. The van der Waals surface area contributed by atoms with E-state index in [0.29, 0.717) is 0 Å². The minimum absolute atomic E-state index is 0.0393. The van der Waals surface area contributed by atoms with E-state index in [4.69, 9.17) is 24.3 Å². The van der Waals surface area contributed by atoms with Crippen LogP contribution in [0.3, 0.4) is 0 Å². The van der Waals surface area contributed by atoms with Crippen molar-refractivity contribution in [3.8, 4) is 5.75 Å². The number of hydrogen-bond donors (Lipinski definition) is 4. The molecular weight excluding hydrogens is 562 g/mol. The summed E-state index contributed by atoms with van der Waals surface area (Å²) in [4.78, 5) is 35.3. The lowest BCUT2D eigenvalue weighted by molar-refractivity contribution is -0.150. The number of nitrogen functional groups attached to an aromatic ring is 1. The van der Waals surface area contributed by atoms with Crippen LogP contribution in [-0.4, -0.2) is 67.7 Å². The van der Waals surface area contributed by atoms with Crippen molar-refractivity contribution in [1.82, 2.24) is 24.6 Å². The van der Waals surface area contributed by atoms with Crippen molar-refractivity contribution in [1.29, 1.82) is 0 Å². The van der Waals surface area contributed by atoms with Crippen LogP contribution in [0.15, 0.2) is 41.5 Å². The molecule has 14 nitrogen and oxygen atoms in total. The second-order valence-corrected chi connectivity index (χ2v) is 12.2. The van der Waals surface area contributed by atoms with Gasteiger partial charge < -0.3 is 24.8 Å². The monoisotopic (exact) mass is 592 g/mol. The lowest BCUT2D eigenvalue weighted by atomic mass is 10.0. The van der Waals surface area contributed by atoms with Crippen LogP contribution >= 0.6 is 7.75 Å². The maximum Gasteiger partial charge on any atom is 0.459 e. The van der Waals surface area contributed by atoms with Gasteiger partial charge in [0.1, 0.15) is 42.9 Å². The summed E-state index contributed by atoms with van der Waals surface area (Å²) in [5.41, 5.74) is 3.46. The number of aliphatic hydroxyl groups is 1. The lowest BCUT2D eigenvalue weighted by Gasteiger charge is -2.28. The number of imidazole rings is 1. The van der Waals surface area contributed by atoms with Crippen LogP contribution in [0.25, 0.3) is 11.2 Å². The number of rotatable bonds is 10. The normalized spacial score (nSPS) is 29.6. The summed E-state index contributed by atoms with van der Waals surface area (Å²) in [6.07, 6.45) is -0.473. The number of benzene rings is 1. The third-order valence-corrected chi connectivity index (χ3v) is 9.46. The third-order valence-electron chi connectivity index (χ3n) is 7.80. The molecule has 2 saturated carbocycles. The average Bonchev–Trinajstić information content (AvgIpc) is 3.38. The Hall–Kier alpha value is -3.36. The zero-order valence-electron chi connectivity index (χ0n) is 22.0. The molecule has 7 unspecified atom stereocenters. The Labute approximate surface area is 232 Å². The molecular formula is C25H30FN6O8P. The van der Waals surface area contributed by atoms with Gasteiger partial charge in [-0.25, -0.2) is 9.55 Å². The summed E-state index contributed by atoms with van der Waals surface area (Å²) < 4.78 is 53.0. The molecule has 2 aromatic heterocycles. The summed E-state index contributed by atoms with van der Waals surface area (Å²) in [6.45, 7) is 0.375. The van der Waals surface area contributed by atoms with Gasteiger partial charge in [-0.2, -0.15) is 10.1 Å². The smallest absolute Gasteiger partial charge is 0.459 e. The number of para-hydroxylation sites is 1. The highest BCUT2D eigenvalue weighted by Crippen LogP contribution is 2.66. The summed E-state index contributed by atoms with van der Waals surface area (Å²) in [5, 5.41) is 13.8. The number of anilines is 1. The number of esters is 1. The molecule has 3 heterocycles. The Balaban J connectivity index is 1.22. The highest BCUT2D eigenvalue weighted by Gasteiger charge is 2.79. The predicted octanol–water partition coefficient (Wildman–Crippen LogP) is 1.97. The number of hydrogen-bond acceptors (Lipinski definition) is 11. The Kier molecular flexibility index (Phi) is 7.10. The van der Waals surface area contributed by atoms with E-state index in [-0.39, 0.29) is 29.0 Å². The quantitative estimate of drug-likeness (QED) is 0.198. The predicted molar refractivity (Wildman–Crippen MR) is 141 cm³/mol. The Morgan fingerprint density at radius 2 is 2.10 bits per heavy atom. The fraction of sp³-hybridized carbons (Fsp3) is 0.520. The second kappa shape index (κ2) is 10.5. The SMILES string of the molecule is CC(NP(=O)(Oc1ccccc1)OC1C2OC(n3cnc4c(=O)[nH]c(N)nc43)C(O)C21CF)C(=O)OC1CCCC1.